The molecule has 1 N–H and O–H groups in total. The van der Waals surface area contributed by atoms with Gasteiger partial charge in [-0.25, -0.2) is 19.9 Å². The summed E-state index contributed by atoms with van der Waals surface area (Å²) in [5.74, 6) is -0.0834. The molecule has 0 saturated carbocycles. The fourth-order valence-electron chi connectivity index (χ4n) is 3.78. The molecule has 0 radical (unpaired) electrons. The number of halogens is 3. The van der Waals surface area contributed by atoms with Crippen LogP contribution in [0, 0.1) is 6.92 Å². The third-order valence-corrected chi connectivity index (χ3v) is 6.17. The molecule has 0 spiro atoms. The van der Waals surface area contributed by atoms with Gasteiger partial charge in [-0.05, 0) is 31.9 Å². The van der Waals surface area contributed by atoms with Crippen LogP contribution in [0.5, 0.6) is 0 Å². The maximum absolute atomic E-state index is 12.8. The van der Waals surface area contributed by atoms with Crippen LogP contribution in [0.4, 0.5) is 29.9 Å². The van der Waals surface area contributed by atoms with Crippen LogP contribution in [0.15, 0.2) is 41.3 Å². The van der Waals surface area contributed by atoms with E-state index in [-0.39, 0.29) is 17.4 Å². The molecule has 13 heteroatoms. The maximum Gasteiger partial charge on any atom is 0.471 e. The number of thiazole rings is 1. The lowest BCUT2D eigenvalue weighted by atomic mass is 9.94. The number of rotatable bonds is 5. The van der Waals surface area contributed by atoms with Gasteiger partial charge in [0.1, 0.15) is 23.7 Å². The summed E-state index contributed by atoms with van der Waals surface area (Å²) in [5.41, 5.74) is 0.993. The first-order valence-corrected chi connectivity index (χ1v) is 11.3. The fraction of sp³-hybridized carbons (Fsp3) is 0.333. The van der Waals surface area contributed by atoms with Crippen LogP contribution in [0.25, 0.3) is 11.5 Å². The zero-order chi connectivity index (χ0) is 23.7. The highest BCUT2D eigenvalue weighted by molar-refractivity contribution is 7.15. The van der Waals surface area contributed by atoms with E-state index in [1.54, 1.807) is 29.7 Å². The Morgan fingerprint density at radius 3 is 2.82 bits per heavy atom. The van der Waals surface area contributed by atoms with Crippen molar-refractivity contribution in [1.29, 1.82) is 0 Å². The second-order valence-electron chi connectivity index (χ2n) is 7.82. The number of nitrogens with one attached hydrogen (secondary N) is 1. The van der Waals surface area contributed by atoms with Gasteiger partial charge in [0.15, 0.2) is 5.13 Å². The summed E-state index contributed by atoms with van der Waals surface area (Å²) in [6.45, 7) is 3.46. The lowest BCUT2D eigenvalue weighted by molar-refractivity contribution is -0.159. The number of hydrogen-bond acceptors (Lipinski definition) is 10. The van der Waals surface area contributed by atoms with E-state index in [0.717, 1.165) is 40.9 Å². The van der Waals surface area contributed by atoms with Gasteiger partial charge in [-0.2, -0.15) is 18.2 Å². The standard InChI is InChI=1S/C21H19F3N8OS/c1-12-9-25-20(34-12)29-16-8-17(27-11-26-16)32-7-3-4-13(10-32)14-5-2-6-15(28-14)18-30-19(33-31-18)21(22,23)24/h2,5-6,8-9,11,13H,3-4,7,10H2,1H3,(H,25,26,27,29)/t13-/m1/s1. The van der Waals surface area contributed by atoms with E-state index in [1.807, 2.05) is 19.1 Å². The van der Waals surface area contributed by atoms with Crippen LogP contribution in [0.1, 0.15) is 35.2 Å². The third-order valence-electron chi connectivity index (χ3n) is 5.34. The molecule has 5 heterocycles. The topological polar surface area (TPSA) is 106 Å². The van der Waals surface area contributed by atoms with Gasteiger partial charge in [0.25, 0.3) is 0 Å². The number of anilines is 3. The van der Waals surface area contributed by atoms with E-state index in [2.05, 4.69) is 44.8 Å². The van der Waals surface area contributed by atoms with Crippen molar-refractivity contribution in [1.82, 2.24) is 30.1 Å². The Hall–Kier alpha value is -3.61. The van der Waals surface area contributed by atoms with Crippen molar-refractivity contribution in [3.05, 3.63) is 53.3 Å². The lowest BCUT2D eigenvalue weighted by Gasteiger charge is -2.33. The van der Waals surface area contributed by atoms with E-state index >= 15 is 0 Å². The van der Waals surface area contributed by atoms with Crippen molar-refractivity contribution < 1.29 is 17.7 Å². The molecule has 4 aromatic heterocycles. The van der Waals surface area contributed by atoms with Crippen LogP contribution in [-0.4, -0.2) is 43.2 Å². The van der Waals surface area contributed by atoms with Crippen molar-refractivity contribution in [2.45, 2.75) is 31.9 Å². The van der Waals surface area contributed by atoms with E-state index in [1.165, 1.54) is 6.33 Å². The minimum atomic E-state index is -4.70. The van der Waals surface area contributed by atoms with Crippen LogP contribution in [0.2, 0.25) is 0 Å². The first kappa shape index (κ1) is 22.2. The van der Waals surface area contributed by atoms with Gasteiger partial charge in [0, 0.05) is 41.8 Å². The summed E-state index contributed by atoms with van der Waals surface area (Å²) in [5, 5.41) is 7.40. The summed E-state index contributed by atoms with van der Waals surface area (Å²) in [6, 6.07) is 7.04. The number of aryl methyl sites for hydroxylation is 1. The smallest absolute Gasteiger partial charge is 0.356 e. The molecule has 176 valence electrons. The summed E-state index contributed by atoms with van der Waals surface area (Å²) in [6.07, 6.45) is 0.409. The third kappa shape index (κ3) is 4.83. The van der Waals surface area contributed by atoms with Crippen LogP contribution in [0.3, 0.4) is 0 Å². The Morgan fingerprint density at radius 2 is 2.06 bits per heavy atom. The zero-order valence-electron chi connectivity index (χ0n) is 18.0. The number of aromatic nitrogens is 6. The molecule has 0 unspecified atom stereocenters. The van der Waals surface area contributed by atoms with E-state index in [4.69, 9.17) is 0 Å². The summed E-state index contributed by atoms with van der Waals surface area (Å²) in [7, 11) is 0. The number of piperidine rings is 1. The molecule has 9 nitrogen and oxygen atoms in total. The molecule has 1 fully saturated rings. The van der Waals surface area contributed by atoms with Crippen LogP contribution >= 0.6 is 11.3 Å². The predicted molar refractivity (Wildman–Crippen MR) is 119 cm³/mol. The first-order valence-electron chi connectivity index (χ1n) is 10.5. The predicted octanol–water partition coefficient (Wildman–Crippen LogP) is 4.83. The van der Waals surface area contributed by atoms with Crippen molar-refractivity contribution in [3.63, 3.8) is 0 Å². The average molecular weight is 488 g/mol. The van der Waals surface area contributed by atoms with Crippen LogP contribution < -0.4 is 10.2 Å². The second-order valence-corrected chi connectivity index (χ2v) is 9.05. The largest absolute Gasteiger partial charge is 0.471 e. The average Bonchev–Trinajstić information content (AvgIpc) is 3.49. The molecule has 1 atom stereocenters. The molecule has 4 aromatic rings. The number of hydrogen-bond donors (Lipinski definition) is 1. The van der Waals surface area contributed by atoms with E-state index < -0.39 is 12.1 Å². The lowest BCUT2D eigenvalue weighted by Crippen LogP contribution is -2.35. The van der Waals surface area contributed by atoms with Gasteiger partial charge in [-0.3, -0.25) is 0 Å². The SMILES string of the molecule is Cc1cnc(Nc2cc(N3CCC[C@@H](c4cccc(-c5noc(C(F)(F)F)n5)n4)C3)ncn2)s1. The maximum atomic E-state index is 12.8. The molecular formula is C21H19F3N8OS. The Kier molecular flexibility index (Phi) is 5.86. The van der Waals surface area contributed by atoms with E-state index in [0.29, 0.717) is 12.4 Å². The van der Waals surface area contributed by atoms with Gasteiger partial charge in [-0.15, -0.1) is 11.3 Å². The van der Waals surface area contributed by atoms with Gasteiger partial charge in [0.05, 0.1) is 0 Å². The highest BCUT2D eigenvalue weighted by Crippen LogP contribution is 2.32. The molecule has 1 saturated heterocycles. The normalized spacial score (nSPS) is 16.6. The van der Waals surface area contributed by atoms with E-state index in [9.17, 15) is 13.2 Å². The molecule has 0 aromatic carbocycles. The number of alkyl halides is 3. The molecular weight excluding hydrogens is 469 g/mol. The first-order chi connectivity index (χ1) is 16.3. The summed E-state index contributed by atoms with van der Waals surface area (Å²) >= 11 is 1.54. The molecule has 0 amide bonds. The van der Waals surface area contributed by atoms with Gasteiger partial charge in [0.2, 0.25) is 5.82 Å². The summed E-state index contributed by atoms with van der Waals surface area (Å²) < 4.78 is 42.7. The Morgan fingerprint density at radius 1 is 1.18 bits per heavy atom. The van der Waals surface area contributed by atoms with Gasteiger partial charge < -0.3 is 14.7 Å². The van der Waals surface area contributed by atoms with Crippen molar-refractivity contribution in [2.24, 2.45) is 0 Å². The minimum absolute atomic E-state index is 0.0654. The Labute approximate surface area is 196 Å². The number of nitrogens with zero attached hydrogens (tertiary/aromatic N) is 7. The quantitative estimate of drug-likeness (QED) is 0.423. The second kappa shape index (κ2) is 8.97. The Bertz CT molecular complexity index is 1290. The highest BCUT2D eigenvalue weighted by Gasteiger charge is 2.38. The molecule has 1 aliphatic heterocycles. The molecule has 0 bridgehead atoms. The Balaban J connectivity index is 1.33. The zero-order valence-corrected chi connectivity index (χ0v) is 18.8. The molecule has 34 heavy (non-hydrogen) atoms. The van der Waals surface area contributed by atoms with Crippen molar-refractivity contribution >= 4 is 28.1 Å². The van der Waals surface area contributed by atoms with Gasteiger partial charge in [-0.1, -0.05) is 11.2 Å². The highest BCUT2D eigenvalue weighted by atomic mass is 32.1. The molecule has 5 rings (SSSR count). The fourth-order valence-corrected chi connectivity index (χ4v) is 4.45. The van der Waals surface area contributed by atoms with Crippen molar-refractivity contribution in [3.8, 4) is 11.5 Å². The molecule has 0 aliphatic carbocycles. The molecule has 1 aliphatic rings. The number of pyridine rings is 1. The minimum Gasteiger partial charge on any atom is -0.356 e. The van der Waals surface area contributed by atoms with Crippen LogP contribution in [-0.2, 0) is 6.18 Å². The van der Waals surface area contributed by atoms with Crippen molar-refractivity contribution in [2.75, 3.05) is 23.3 Å². The monoisotopic (exact) mass is 488 g/mol. The van der Waals surface area contributed by atoms with Gasteiger partial charge >= 0.3 is 12.1 Å². The summed E-state index contributed by atoms with van der Waals surface area (Å²) in [4.78, 5) is 24.2.